The van der Waals surface area contributed by atoms with Crippen molar-refractivity contribution in [3.8, 4) is 0 Å². The summed E-state index contributed by atoms with van der Waals surface area (Å²) in [5.74, 6) is 0.729. The van der Waals surface area contributed by atoms with Gasteiger partial charge in [0.15, 0.2) is 0 Å². The fourth-order valence-electron chi connectivity index (χ4n) is 3.12. The second kappa shape index (κ2) is 5.50. The Balaban J connectivity index is 1.71. The molecule has 0 fully saturated rings. The Morgan fingerprint density at radius 3 is 2.17 bits per heavy atom. The van der Waals surface area contributed by atoms with Gasteiger partial charge in [-0.05, 0) is 41.8 Å². The van der Waals surface area contributed by atoms with Crippen molar-refractivity contribution in [2.24, 2.45) is 0 Å². The van der Waals surface area contributed by atoms with Crippen LogP contribution in [0.25, 0.3) is 0 Å². The fourth-order valence-corrected chi connectivity index (χ4v) is 3.12. The maximum atomic E-state index is 4.17. The standard InChI is InChI=1S/C18H19N5/c1-12-3-7-14(8-4-12)16-11-17(15-9-5-13(2)6-10-15)23-18(19-16)20-21-22-23/h3-10,16-17H,11H2,1-2H3,(H,19,20,22)/t16-,17-/m1/s1. The first-order valence-electron chi connectivity index (χ1n) is 7.88. The number of tetrazole rings is 1. The number of fused-ring (bicyclic) bond motifs is 1. The zero-order chi connectivity index (χ0) is 15.8. The molecule has 3 aromatic rings. The van der Waals surface area contributed by atoms with E-state index in [-0.39, 0.29) is 12.1 Å². The number of rotatable bonds is 2. The summed E-state index contributed by atoms with van der Waals surface area (Å²) in [6.45, 7) is 4.21. The van der Waals surface area contributed by atoms with Gasteiger partial charge < -0.3 is 5.32 Å². The highest BCUT2D eigenvalue weighted by Gasteiger charge is 2.30. The summed E-state index contributed by atoms with van der Waals surface area (Å²) in [6.07, 6.45) is 0.921. The Morgan fingerprint density at radius 2 is 1.52 bits per heavy atom. The second-order valence-corrected chi connectivity index (χ2v) is 6.22. The molecule has 0 saturated carbocycles. The first-order valence-corrected chi connectivity index (χ1v) is 7.88. The van der Waals surface area contributed by atoms with Crippen molar-refractivity contribution in [2.45, 2.75) is 32.4 Å². The predicted molar refractivity (Wildman–Crippen MR) is 89.3 cm³/mol. The van der Waals surface area contributed by atoms with Crippen LogP contribution >= 0.6 is 0 Å². The van der Waals surface area contributed by atoms with Crippen molar-refractivity contribution in [3.05, 3.63) is 70.8 Å². The summed E-state index contributed by atoms with van der Waals surface area (Å²) < 4.78 is 1.88. The van der Waals surface area contributed by atoms with E-state index in [2.05, 4.69) is 83.2 Å². The van der Waals surface area contributed by atoms with Gasteiger partial charge in [-0.3, -0.25) is 0 Å². The smallest absolute Gasteiger partial charge is 0.243 e. The molecule has 1 aromatic heterocycles. The Kier molecular flexibility index (Phi) is 3.33. The van der Waals surface area contributed by atoms with E-state index in [9.17, 15) is 0 Å². The monoisotopic (exact) mass is 305 g/mol. The molecular formula is C18H19N5. The summed E-state index contributed by atoms with van der Waals surface area (Å²) in [6, 6.07) is 17.6. The SMILES string of the molecule is Cc1ccc([C@H]2C[C@H](c3ccc(C)cc3)Nc3nnnn32)cc1. The minimum Gasteiger partial charge on any atom is -0.346 e. The number of nitrogens with zero attached hydrogens (tertiary/aromatic N) is 4. The van der Waals surface area contributed by atoms with Crippen molar-refractivity contribution in [3.63, 3.8) is 0 Å². The predicted octanol–water partition coefficient (Wildman–Crippen LogP) is 3.44. The van der Waals surface area contributed by atoms with Crippen LogP contribution in [-0.4, -0.2) is 20.2 Å². The molecule has 2 heterocycles. The molecule has 1 aliphatic rings. The maximum absolute atomic E-state index is 4.17. The van der Waals surface area contributed by atoms with Crippen LogP contribution in [0.3, 0.4) is 0 Å². The van der Waals surface area contributed by atoms with Gasteiger partial charge in [0.1, 0.15) is 0 Å². The van der Waals surface area contributed by atoms with Crippen molar-refractivity contribution >= 4 is 5.95 Å². The molecule has 2 atom stereocenters. The summed E-state index contributed by atoms with van der Waals surface area (Å²) in [7, 11) is 0. The molecule has 0 amide bonds. The number of hydrogen-bond acceptors (Lipinski definition) is 4. The Bertz CT molecular complexity index is 804. The number of aromatic nitrogens is 4. The number of anilines is 1. The summed E-state index contributed by atoms with van der Waals surface area (Å²) in [5.41, 5.74) is 5.03. The molecule has 0 bridgehead atoms. The third kappa shape index (κ3) is 2.59. The highest BCUT2D eigenvalue weighted by Crippen LogP contribution is 2.36. The molecule has 116 valence electrons. The lowest BCUT2D eigenvalue weighted by Gasteiger charge is -2.31. The first kappa shape index (κ1) is 13.9. The van der Waals surface area contributed by atoms with E-state index in [1.807, 2.05) is 4.68 Å². The molecule has 0 saturated heterocycles. The van der Waals surface area contributed by atoms with E-state index in [0.29, 0.717) is 0 Å². The molecule has 5 nitrogen and oxygen atoms in total. The van der Waals surface area contributed by atoms with Crippen LogP contribution in [-0.2, 0) is 0 Å². The van der Waals surface area contributed by atoms with Crippen molar-refractivity contribution in [2.75, 3.05) is 5.32 Å². The minimum atomic E-state index is 0.146. The van der Waals surface area contributed by atoms with Crippen LogP contribution in [0.1, 0.15) is 40.8 Å². The lowest BCUT2D eigenvalue weighted by molar-refractivity contribution is 0.423. The Hall–Kier alpha value is -2.69. The summed E-state index contributed by atoms with van der Waals surface area (Å²) in [4.78, 5) is 0. The normalized spacial score (nSPS) is 19.9. The van der Waals surface area contributed by atoms with Gasteiger partial charge in [-0.2, -0.15) is 0 Å². The quantitative estimate of drug-likeness (QED) is 0.788. The molecule has 0 radical (unpaired) electrons. The summed E-state index contributed by atoms with van der Waals surface area (Å²) >= 11 is 0. The van der Waals surface area contributed by atoms with Gasteiger partial charge in [0.2, 0.25) is 5.95 Å². The number of aryl methyl sites for hydroxylation is 2. The average Bonchev–Trinajstić information content (AvgIpc) is 3.04. The third-order valence-electron chi connectivity index (χ3n) is 4.49. The third-order valence-corrected chi connectivity index (χ3v) is 4.49. The highest BCUT2D eigenvalue weighted by molar-refractivity contribution is 5.38. The average molecular weight is 305 g/mol. The summed E-state index contributed by atoms with van der Waals surface area (Å²) in [5, 5.41) is 15.6. The van der Waals surface area contributed by atoms with Crippen LogP contribution in [0.15, 0.2) is 48.5 Å². The Morgan fingerprint density at radius 1 is 0.913 bits per heavy atom. The van der Waals surface area contributed by atoms with Crippen LogP contribution < -0.4 is 5.32 Å². The van der Waals surface area contributed by atoms with Gasteiger partial charge in [-0.25, -0.2) is 4.68 Å². The maximum Gasteiger partial charge on any atom is 0.243 e. The molecule has 23 heavy (non-hydrogen) atoms. The molecule has 0 spiro atoms. The number of hydrogen-bond donors (Lipinski definition) is 1. The van der Waals surface area contributed by atoms with E-state index >= 15 is 0 Å². The fraction of sp³-hybridized carbons (Fsp3) is 0.278. The van der Waals surface area contributed by atoms with Crippen molar-refractivity contribution < 1.29 is 0 Å². The van der Waals surface area contributed by atoms with Gasteiger partial charge in [0.25, 0.3) is 0 Å². The van der Waals surface area contributed by atoms with E-state index < -0.39 is 0 Å². The van der Waals surface area contributed by atoms with Crippen molar-refractivity contribution in [1.82, 2.24) is 20.2 Å². The van der Waals surface area contributed by atoms with Gasteiger partial charge in [-0.1, -0.05) is 64.8 Å². The van der Waals surface area contributed by atoms with Crippen molar-refractivity contribution in [1.29, 1.82) is 0 Å². The molecule has 4 rings (SSSR count). The molecule has 5 heteroatoms. The van der Waals surface area contributed by atoms with E-state index in [4.69, 9.17) is 0 Å². The van der Waals surface area contributed by atoms with Crippen LogP contribution in [0, 0.1) is 13.8 Å². The molecule has 1 N–H and O–H groups in total. The number of benzene rings is 2. The van der Waals surface area contributed by atoms with Gasteiger partial charge >= 0.3 is 0 Å². The molecule has 2 aromatic carbocycles. The zero-order valence-electron chi connectivity index (χ0n) is 13.3. The first-order chi connectivity index (χ1) is 11.2. The van der Waals surface area contributed by atoms with Gasteiger partial charge in [-0.15, -0.1) is 0 Å². The molecular weight excluding hydrogens is 286 g/mol. The zero-order valence-corrected chi connectivity index (χ0v) is 13.3. The van der Waals surface area contributed by atoms with Crippen LogP contribution in [0.5, 0.6) is 0 Å². The lowest BCUT2D eigenvalue weighted by Crippen LogP contribution is -2.28. The lowest BCUT2D eigenvalue weighted by atomic mass is 9.92. The van der Waals surface area contributed by atoms with Gasteiger partial charge in [0.05, 0.1) is 12.1 Å². The van der Waals surface area contributed by atoms with E-state index in [0.717, 1.165) is 12.4 Å². The van der Waals surface area contributed by atoms with Crippen LogP contribution in [0.4, 0.5) is 5.95 Å². The topological polar surface area (TPSA) is 55.6 Å². The second-order valence-electron chi connectivity index (χ2n) is 6.22. The van der Waals surface area contributed by atoms with E-state index in [1.165, 1.54) is 22.3 Å². The number of nitrogens with one attached hydrogen (secondary N) is 1. The minimum absolute atomic E-state index is 0.146. The largest absolute Gasteiger partial charge is 0.346 e. The van der Waals surface area contributed by atoms with E-state index in [1.54, 1.807) is 0 Å². The molecule has 0 unspecified atom stereocenters. The molecule has 1 aliphatic heterocycles. The highest BCUT2D eigenvalue weighted by atomic mass is 15.6. The Labute approximate surface area is 135 Å². The van der Waals surface area contributed by atoms with Crippen LogP contribution in [0.2, 0.25) is 0 Å². The van der Waals surface area contributed by atoms with Gasteiger partial charge in [0, 0.05) is 0 Å². The molecule has 0 aliphatic carbocycles.